The van der Waals surface area contributed by atoms with Gasteiger partial charge in [-0.3, -0.25) is 0 Å². The Morgan fingerprint density at radius 2 is 1.00 bits per heavy atom. The van der Waals surface area contributed by atoms with Crippen molar-refractivity contribution in [3.63, 3.8) is 0 Å². The van der Waals surface area contributed by atoms with Crippen molar-refractivity contribution in [3.8, 4) is 0 Å². The Morgan fingerprint density at radius 1 is 1.00 bits per heavy atom. The fourth-order valence-electron chi connectivity index (χ4n) is 0. The molecule has 4 heteroatoms. The third-order valence-electron chi connectivity index (χ3n) is 0. The summed E-state index contributed by atoms with van der Waals surface area (Å²) < 4.78 is 0. The Bertz CT molecular complexity index is 8.00. The molecule has 0 aliphatic carbocycles. The van der Waals surface area contributed by atoms with E-state index in [1.54, 1.807) is 0 Å². The zero-order valence-electron chi connectivity index (χ0n) is 1.18. The molecule has 4 heavy (non-hydrogen) atoms. The van der Waals surface area contributed by atoms with Crippen LogP contribution >= 0.6 is 0 Å². The van der Waals surface area contributed by atoms with Crippen molar-refractivity contribution in [1.82, 2.24) is 0 Å². The van der Waals surface area contributed by atoms with Crippen LogP contribution in [0.5, 0.6) is 0 Å². The van der Waals surface area contributed by atoms with E-state index >= 15 is 0 Å². The molecule has 0 saturated carbocycles. The summed E-state index contributed by atoms with van der Waals surface area (Å²) in [5, 5.41) is 0. The minimum absolute atomic E-state index is 0. The fourth-order valence-corrected chi connectivity index (χ4v) is 0. The van der Waals surface area contributed by atoms with Crippen LogP contribution in [-0.2, 0) is 52.7 Å². The standard InChI is InChI=1S/Fe.Mn.H4Si.V/h;;1H4;. The molecule has 0 fully saturated rings. The summed E-state index contributed by atoms with van der Waals surface area (Å²) in [6.07, 6.45) is 0. The van der Waals surface area contributed by atoms with Crippen molar-refractivity contribution in [2.45, 2.75) is 0 Å². The quantitative estimate of drug-likeness (QED) is 0.413. The van der Waals surface area contributed by atoms with Crippen molar-refractivity contribution in [2.75, 3.05) is 0 Å². The van der Waals surface area contributed by atoms with Crippen molar-refractivity contribution >= 4 is 11.0 Å². The molecule has 0 bridgehead atoms. The summed E-state index contributed by atoms with van der Waals surface area (Å²) in [7, 11) is 0. The molecule has 0 aliphatic heterocycles. The number of hydrogen-bond donors (Lipinski definition) is 0. The van der Waals surface area contributed by atoms with Gasteiger partial charge in [-0.1, -0.05) is 0 Å². The molecule has 0 aliphatic rings. The summed E-state index contributed by atoms with van der Waals surface area (Å²) >= 11 is 0. The molecule has 0 rings (SSSR count). The van der Waals surface area contributed by atoms with Gasteiger partial charge in [-0.05, 0) is 11.0 Å². The van der Waals surface area contributed by atoms with E-state index in [2.05, 4.69) is 0 Å². The van der Waals surface area contributed by atoms with Crippen LogP contribution in [0.2, 0.25) is 0 Å². The number of hydrogen-bond acceptors (Lipinski definition) is 0. The Morgan fingerprint density at radius 3 is 1.00 bits per heavy atom. The van der Waals surface area contributed by atoms with Gasteiger partial charge >= 0.3 is 0 Å². The van der Waals surface area contributed by atoms with E-state index in [-0.39, 0.29) is 63.7 Å². The van der Waals surface area contributed by atoms with Gasteiger partial charge in [0.1, 0.15) is 0 Å². The molecular weight excluding hydrogens is 190 g/mol. The van der Waals surface area contributed by atoms with E-state index in [1.807, 2.05) is 0 Å². The normalized spacial score (nSPS) is 0. The summed E-state index contributed by atoms with van der Waals surface area (Å²) in [4.78, 5) is 0. The second-order valence-corrected chi connectivity index (χ2v) is 0. The smallest absolute Gasteiger partial charge is 0 e. The summed E-state index contributed by atoms with van der Waals surface area (Å²) in [5.41, 5.74) is 0. The van der Waals surface area contributed by atoms with Gasteiger partial charge in [0.2, 0.25) is 0 Å². The van der Waals surface area contributed by atoms with Crippen molar-refractivity contribution in [3.05, 3.63) is 0 Å². The molecule has 0 atom stereocenters. The van der Waals surface area contributed by atoms with Gasteiger partial charge in [-0.15, -0.1) is 0 Å². The van der Waals surface area contributed by atoms with Crippen LogP contribution in [0.3, 0.4) is 0 Å². The minimum Gasteiger partial charge on any atom is -0.0149 e. The van der Waals surface area contributed by atoms with Gasteiger partial charge in [0.15, 0.2) is 0 Å². The van der Waals surface area contributed by atoms with Gasteiger partial charge in [-0.25, -0.2) is 0 Å². The van der Waals surface area contributed by atoms with Crippen LogP contribution in [0.15, 0.2) is 0 Å². The van der Waals surface area contributed by atoms with Crippen LogP contribution in [0.25, 0.3) is 0 Å². The van der Waals surface area contributed by atoms with Gasteiger partial charge < -0.3 is 0 Å². The van der Waals surface area contributed by atoms with E-state index in [4.69, 9.17) is 0 Å². The molecule has 0 aromatic heterocycles. The maximum atomic E-state index is 0. The third-order valence-corrected chi connectivity index (χ3v) is 0. The van der Waals surface area contributed by atoms with Gasteiger partial charge in [0, 0.05) is 52.7 Å². The molecule has 28 valence electrons. The largest absolute Gasteiger partial charge is 0.0149 e. The second-order valence-electron chi connectivity index (χ2n) is 0. The van der Waals surface area contributed by atoms with Crippen molar-refractivity contribution in [2.24, 2.45) is 0 Å². The first-order valence-corrected chi connectivity index (χ1v) is 0. The SMILES string of the molecule is [Fe].[Mn].[SiH4].[V]. The molecule has 0 unspecified atom stereocenters. The topological polar surface area (TPSA) is 0 Å². The molecule has 0 aromatic carbocycles. The summed E-state index contributed by atoms with van der Waals surface area (Å²) in [6, 6.07) is 0. The molecule has 2 radical (unpaired) electrons. The Hall–Kier alpha value is 1.84. The van der Waals surface area contributed by atoms with Gasteiger partial charge in [-0.2, -0.15) is 0 Å². The zero-order valence-corrected chi connectivity index (χ0v) is 4.86. The molecule has 0 heterocycles. The maximum absolute atomic E-state index is 0. The monoisotopic (exact) mass is 194 g/mol. The van der Waals surface area contributed by atoms with Crippen LogP contribution in [0.4, 0.5) is 0 Å². The van der Waals surface area contributed by atoms with Gasteiger partial charge in [0.25, 0.3) is 0 Å². The summed E-state index contributed by atoms with van der Waals surface area (Å²) in [5.74, 6) is 0. The minimum atomic E-state index is 0. The predicted molar refractivity (Wildman–Crippen MR) is 11.3 cm³/mol. The maximum Gasteiger partial charge on any atom is 0 e. The van der Waals surface area contributed by atoms with Crippen LogP contribution in [0.1, 0.15) is 0 Å². The Balaban J connectivity index is 0. The molecule has 0 saturated heterocycles. The summed E-state index contributed by atoms with van der Waals surface area (Å²) in [6.45, 7) is 0. The number of rotatable bonds is 0. The average molecular weight is 194 g/mol. The molecule has 0 amide bonds. The molecule has 0 N–H and O–H groups in total. The van der Waals surface area contributed by atoms with Gasteiger partial charge in [0.05, 0.1) is 0 Å². The van der Waals surface area contributed by atoms with E-state index in [0.29, 0.717) is 0 Å². The first kappa shape index (κ1) is 40.4. The Kier molecular flexibility index (Phi) is 213. The van der Waals surface area contributed by atoms with E-state index in [0.717, 1.165) is 0 Å². The first-order valence-electron chi connectivity index (χ1n) is 0. The van der Waals surface area contributed by atoms with Crippen LogP contribution in [0, 0.1) is 0 Å². The molecule has 0 nitrogen and oxygen atoms in total. The van der Waals surface area contributed by atoms with E-state index < -0.39 is 0 Å². The fraction of sp³-hybridized carbons (Fsp3) is 0. The second kappa shape index (κ2) is 21.1. The van der Waals surface area contributed by atoms with Crippen LogP contribution in [-0.4, -0.2) is 11.0 Å². The third kappa shape index (κ3) is 9.15. The van der Waals surface area contributed by atoms with E-state index in [1.165, 1.54) is 0 Å². The zero-order chi connectivity index (χ0) is 0. The van der Waals surface area contributed by atoms with Crippen LogP contribution < -0.4 is 0 Å². The predicted octanol–water partition coefficient (Wildman–Crippen LogP) is -1.46. The van der Waals surface area contributed by atoms with Crippen molar-refractivity contribution in [1.29, 1.82) is 0 Å². The Labute approximate surface area is 63.3 Å². The van der Waals surface area contributed by atoms with Crippen molar-refractivity contribution < 1.29 is 52.7 Å². The molecular formula is H4FeMnSiV. The first-order chi connectivity index (χ1) is 0. The van der Waals surface area contributed by atoms with E-state index in [9.17, 15) is 0 Å². The molecule has 0 aromatic rings. The average Bonchev–Trinajstić information content (AvgIpc) is 0. The molecule has 0 spiro atoms.